The van der Waals surface area contributed by atoms with Gasteiger partial charge in [0.1, 0.15) is 5.69 Å². The normalized spacial score (nSPS) is 21.3. The van der Waals surface area contributed by atoms with Crippen LogP contribution in [0.25, 0.3) is 0 Å². The number of nitrogen functional groups attached to an aromatic ring is 1. The number of carbonyl (C=O) groups excluding carboxylic acids is 1. The fraction of sp³-hybridized carbons (Fsp3) is 0.500. The lowest BCUT2D eigenvalue weighted by Gasteiger charge is -2.17. The van der Waals surface area contributed by atoms with E-state index in [1.54, 1.807) is 0 Å². The largest absolute Gasteiger partial charge is 0.378 e. The quantitative estimate of drug-likeness (QED) is 0.572. The van der Waals surface area contributed by atoms with Crippen LogP contribution in [0.2, 0.25) is 0 Å². The van der Waals surface area contributed by atoms with E-state index in [1.165, 1.54) is 0 Å². The van der Waals surface area contributed by atoms with Crippen molar-refractivity contribution in [1.82, 2.24) is 5.32 Å². The summed E-state index contributed by atoms with van der Waals surface area (Å²) in [4.78, 5) is 12.0. The van der Waals surface area contributed by atoms with E-state index in [4.69, 9.17) is 10.6 Å². The summed E-state index contributed by atoms with van der Waals surface area (Å²) in [6.07, 6.45) is 1.88. The monoisotopic (exact) mass is 299 g/mol. The van der Waals surface area contributed by atoms with Crippen LogP contribution in [0.4, 0.5) is 14.5 Å². The third kappa shape index (κ3) is 3.48. The van der Waals surface area contributed by atoms with Gasteiger partial charge in [-0.1, -0.05) is 6.92 Å². The number of amides is 1. The molecule has 0 aliphatic carbocycles. The summed E-state index contributed by atoms with van der Waals surface area (Å²) < 4.78 is 32.6. The number of rotatable bonds is 5. The standard InChI is InChI=1S/C14H19F2N3O2/c1-2-12-8(3-4-21-12)7-18-14(20)9-5-10(15)13(19-17)11(16)6-9/h5-6,8,12,19H,2-4,7,17H2,1H3,(H,18,20). The van der Waals surface area contributed by atoms with Gasteiger partial charge in [0.05, 0.1) is 6.10 Å². The Labute approximate surface area is 121 Å². The second-order valence-electron chi connectivity index (χ2n) is 5.04. The zero-order valence-corrected chi connectivity index (χ0v) is 11.8. The molecule has 1 aliphatic rings. The van der Waals surface area contributed by atoms with Crippen LogP contribution < -0.4 is 16.6 Å². The Bertz CT molecular complexity index is 502. The highest BCUT2D eigenvalue weighted by Crippen LogP contribution is 2.23. The Kier molecular flexibility index (Phi) is 5.08. The molecule has 21 heavy (non-hydrogen) atoms. The predicted octanol–water partition coefficient (Wildman–Crippen LogP) is 1.80. The zero-order valence-electron chi connectivity index (χ0n) is 11.8. The number of hydrogen-bond donors (Lipinski definition) is 3. The van der Waals surface area contributed by atoms with Crippen molar-refractivity contribution in [2.75, 3.05) is 18.6 Å². The molecule has 1 aromatic carbocycles. The smallest absolute Gasteiger partial charge is 0.251 e. The van der Waals surface area contributed by atoms with E-state index >= 15 is 0 Å². The number of hydrazine groups is 1. The summed E-state index contributed by atoms with van der Waals surface area (Å²) in [5.74, 6) is 2.92. The summed E-state index contributed by atoms with van der Waals surface area (Å²) in [6, 6.07) is 1.91. The number of nitrogens with two attached hydrogens (primary N) is 1. The van der Waals surface area contributed by atoms with Gasteiger partial charge in [0.25, 0.3) is 5.91 Å². The van der Waals surface area contributed by atoms with Crippen molar-refractivity contribution < 1.29 is 18.3 Å². The van der Waals surface area contributed by atoms with E-state index in [-0.39, 0.29) is 17.6 Å². The van der Waals surface area contributed by atoms with Crippen molar-refractivity contribution >= 4 is 11.6 Å². The minimum Gasteiger partial charge on any atom is -0.378 e. The van der Waals surface area contributed by atoms with Crippen molar-refractivity contribution in [2.45, 2.75) is 25.9 Å². The maximum Gasteiger partial charge on any atom is 0.251 e. The van der Waals surface area contributed by atoms with Crippen LogP contribution in [0.1, 0.15) is 30.1 Å². The first-order valence-corrected chi connectivity index (χ1v) is 6.92. The van der Waals surface area contributed by atoms with Crippen LogP contribution in [0.3, 0.4) is 0 Å². The molecule has 2 unspecified atom stereocenters. The third-order valence-corrected chi connectivity index (χ3v) is 3.72. The lowest BCUT2D eigenvalue weighted by atomic mass is 9.99. The van der Waals surface area contributed by atoms with Crippen molar-refractivity contribution in [3.8, 4) is 0 Å². The van der Waals surface area contributed by atoms with Crippen LogP contribution in [-0.2, 0) is 4.74 Å². The van der Waals surface area contributed by atoms with Gasteiger partial charge in [-0.05, 0) is 25.0 Å². The average molecular weight is 299 g/mol. The first kappa shape index (κ1) is 15.7. The second-order valence-corrected chi connectivity index (χ2v) is 5.04. The van der Waals surface area contributed by atoms with Gasteiger partial charge in [-0.25, -0.2) is 8.78 Å². The molecule has 0 spiro atoms. The molecule has 1 aliphatic heterocycles. The number of nitrogens with one attached hydrogen (secondary N) is 2. The molecule has 5 nitrogen and oxygen atoms in total. The number of benzene rings is 1. The molecule has 1 fully saturated rings. The summed E-state index contributed by atoms with van der Waals surface area (Å²) in [7, 11) is 0. The minimum absolute atomic E-state index is 0.0732. The molecular weight excluding hydrogens is 280 g/mol. The van der Waals surface area contributed by atoms with E-state index < -0.39 is 23.2 Å². The van der Waals surface area contributed by atoms with E-state index in [1.807, 2.05) is 12.3 Å². The number of anilines is 1. The summed E-state index contributed by atoms with van der Waals surface area (Å²) in [5, 5.41) is 2.69. The lowest BCUT2D eigenvalue weighted by molar-refractivity contribution is 0.0826. The lowest BCUT2D eigenvalue weighted by Crippen LogP contribution is -2.32. The maximum atomic E-state index is 13.5. The molecule has 7 heteroatoms. The van der Waals surface area contributed by atoms with Gasteiger partial charge in [-0.15, -0.1) is 0 Å². The van der Waals surface area contributed by atoms with Crippen LogP contribution >= 0.6 is 0 Å². The van der Waals surface area contributed by atoms with Crippen molar-refractivity contribution in [3.05, 3.63) is 29.3 Å². The summed E-state index contributed by atoms with van der Waals surface area (Å²) in [6.45, 7) is 3.13. The fourth-order valence-electron chi connectivity index (χ4n) is 2.55. The highest BCUT2D eigenvalue weighted by Gasteiger charge is 2.27. The van der Waals surface area contributed by atoms with Crippen LogP contribution in [0, 0.1) is 17.6 Å². The van der Waals surface area contributed by atoms with Gasteiger partial charge in [0.15, 0.2) is 11.6 Å². The molecular formula is C14H19F2N3O2. The van der Waals surface area contributed by atoms with Crippen LogP contribution in [0.5, 0.6) is 0 Å². The van der Waals surface area contributed by atoms with E-state index in [0.29, 0.717) is 13.2 Å². The van der Waals surface area contributed by atoms with Crippen molar-refractivity contribution in [1.29, 1.82) is 0 Å². The molecule has 4 N–H and O–H groups in total. The van der Waals surface area contributed by atoms with E-state index in [0.717, 1.165) is 25.0 Å². The van der Waals surface area contributed by atoms with Crippen molar-refractivity contribution in [3.63, 3.8) is 0 Å². The number of halogens is 2. The Hall–Kier alpha value is -1.73. The molecule has 2 atom stereocenters. The minimum atomic E-state index is -0.904. The molecule has 0 radical (unpaired) electrons. The molecule has 1 heterocycles. The van der Waals surface area contributed by atoms with Crippen molar-refractivity contribution in [2.24, 2.45) is 11.8 Å². The van der Waals surface area contributed by atoms with Crippen LogP contribution in [-0.4, -0.2) is 25.2 Å². The van der Waals surface area contributed by atoms with E-state index in [2.05, 4.69) is 5.32 Å². The maximum absolute atomic E-state index is 13.5. The Morgan fingerprint density at radius 3 is 2.67 bits per heavy atom. The topological polar surface area (TPSA) is 76.4 Å². The molecule has 1 aromatic rings. The molecule has 0 aromatic heterocycles. The SMILES string of the molecule is CCC1OCCC1CNC(=O)c1cc(F)c(NN)c(F)c1. The van der Waals surface area contributed by atoms with Gasteiger partial charge >= 0.3 is 0 Å². The molecule has 0 saturated carbocycles. The summed E-state index contributed by atoms with van der Waals surface area (Å²) in [5.41, 5.74) is 1.39. The third-order valence-electron chi connectivity index (χ3n) is 3.72. The average Bonchev–Trinajstić information content (AvgIpc) is 2.91. The molecule has 2 rings (SSSR count). The number of ether oxygens (including phenoxy) is 1. The summed E-state index contributed by atoms with van der Waals surface area (Å²) >= 11 is 0. The van der Waals surface area contributed by atoms with Gasteiger partial charge in [0, 0.05) is 24.6 Å². The Morgan fingerprint density at radius 1 is 1.43 bits per heavy atom. The van der Waals surface area contributed by atoms with Gasteiger partial charge in [-0.2, -0.15) is 0 Å². The highest BCUT2D eigenvalue weighted by atomic mass is 19.1. The molecule has 1 amide bonds. The molecule has 116 valence electrons. The molecule has 1 saturated heterocycles. The van der Waals surface area contributed by atoms with Gasteiger partial charge in [-0.3, -0.25) is 10.6 Å². The highest BCUT2D eigenvalue weighted by molar-refractivity contribution is 5.94. The first-order chi connectivity index (χ1) is 10.1. The molecule has 0 bridgehead atoms. The van der Waals surface area contributed by atoms with E-state index in [9.17, 15) is 13.6 Å². The number of carbonyl (C=O) groups is 1. The fourth-order valence-corrected chi connectivity index (χ4v) is 2.55. The first-order valence-electron chi connectivity index (χ1n) is 6.92. The van der Waals surface area contributed by atoms with Gasteiger partial charge in [0.2, 0.25) is 0 Å². The Morgan fingerprint density at radius 2 is 2.10 bits per heavy atom. The van der Waals surface area contributed by atoms with Gasteiger partial charge < -0.3 is 15.5 Å². The van der Waals surface area contributed by atoms with Crippen LogP contribution in [0.15, 0.2) is 12.1 Å². The second kappa shape index (κ2) is 6.82. The Balaban J connectivity index is 2.00. The predicted molar refractivity (Wildman–Crippen MR) is 74.6 cm³/mol. The number of hydrogen-bond acceptors (Lipinski definition) is 4. The zero-order chi connectivity index (χ0) is 15.4.